The first kappa shape index (κ1) is 21.5. The van der Waals surface area contributed by atoms with Gasteiger partial charge in [-0.15, -0.1) is 0 Å². The van der Waals surface area contributed by atoms with Crippen molar-refractivity contribution in [3.63, 3.8) is 0 Å². The van der Waals surface area contributed by atoms with Gasteiger partial charge in [0, 0.05) is 10.7 Å². The normalized spacial score (nSPS) is 11.1. The monoisotopic (exact) mass is 468 g/mol. The van der Waals surface area contributed by atoms with Gasteiger partial charge in [0.25, 0.3) is 10.0 Å². The zero-order chi connectivity index (χ0) is 21.0. The Morgan fingerprint density at radius 3 is 2.17 bits per heavy atom. The number of sulfonamides is 1. The topological polar surface area (TPSA) is 66.5 Å². The molecule has 1 N–H and O–H groups in total. The van der Waals surface area contributed by atoms with E-state index < -0.39 is 22.5 Å². The van der Waals surface area contributed by atoms with Gasteiger partial charge in [-0.05, 0) is 48.5 Å². The van der Waals surface area contributed by atoms with Crippen molar-refractivity contribution in [1.29, 1.82) is 0 Å². The van der Waals surface area contributed by atoms with E-state index in [2.05, 4.69) is 5.32 Å². The molecule has 0 atom stereocenters. The smallest absolute Gasteiger partial charge is 0.264 e. The van der Waals surface area contributed by atoms with Crippen LogP contribution in [0.5, 0.6) is 0 Å². The van der Waals surface area contributed by atoms with Crippen LogP contribution in [0.1, 0.15) is 0 Å². The molecule has 150 valence electrons. The fourth-order valence-corrected chi connectivity index (χ4v) is 4.60. The molecule has 3 aromatic carbocycles. The number of carbonyl (C=O) groups is 1. The lowest BCUT2D eigenvalue weighted by atomic mass is 10.3. The highest BCUT2D eigenvalue weighted by Crippen LogP contribution is 2.35. The lowest BCUT2D eigenvalue weighted by Crippen LogP contribution is -2.38. The van der Waals surface area contributed by atoms with Crippen LogP contribution in [0.3, 0.4) is 0 Å². The van der Waals surface area contributed by atoms with Gasteiger partial charge < -0.3 is 5.32 Å². The molecule has 0 aliphatic carbocycles. The van der Waals surface area contributed by atoms with Crippen molar-refractivity contribution >= 4 is 62.1 Å². The predicted octanol–water partition coefficient (Wildman–Crippen LogP) is 5.48. The third-order valence-corrected chi connectivity index (χ3v) is 6.78. The first-order valence-corrected chi connectivity index (χ1v) is 10.9. The summed E-state index contributed by atoms with van der Waals surface area (Å²) in [5.41, 5.74) is 0.586. The van der Waals surface area contributed by atoms with E-state index in [1.165, 1.54) is 24.3 Å². The molecule has 3 rings (SSSR count). The summed E-state index contributed by atoms with van der Waals surface area (Å²) < 4.78 is 27.4. The van der Waals surface area contributed by atoms with E-state index >= 15 is 0 Å². The van der Waals surface area contributed by atoms with Crippen molar-refractivity contribution in [2.45, 2.75) is 4.90 Å². The van der Waals surface area contributed by atoms with Crippen LogP contribution in [0, 0.1) is 0 Å². The van der Waals surface area contributed by atoms with Gasteiger partial charge in [0.1, 0.15) is 6.54 Å². The van der Waals surface area contributed by atoms with Gasteiger partial charge in [-0.1, -0.05) is 59.1 Å². The van der Waals surface area contributed by atoms with E-state index in [1.807, 2.05) is 0 Å². The van der Waals surface area contributed by atoms with E-state index in [1.54, 1.807) is 48.5 Å². The first-order chi connectivity index (χ1) is 13.8. The SMILES string of the molecule is O=C(CN(c1cccc(Cl)c1Cl)S(=O)(=O)c1ccccc1)Nc1ccc(Cl)cc1. The number of carbonyl (C=O) groups excluding carboxylic acids is 1. The highest BCUT2D eigenvalue weighted by atomic mass is 35.5. The Kier molecular flexibility index (Phi) is 6.70. The zero-order valence-electron chi connectivity index (χ0n) is 14.8. The Labute approximate surface area is 183 Å². The summed E-state index contributed by atoms with van der Waals surface area (Å²) in [5, 5.41) is 3.37. The van der Waals surface area contributed by atoms with Gasteiger partial charge in [-0.2, -0.15) is 0 Å². The molecule has 29 heavy (non-hydrogen) atoms. The number of hydrogen-bond donors (Lipinski definition) is 1. The zero-order valence-corrected chi connectivity index (χ0v) is 17.9. The molecule has 0 heterocycles. The minimum Gasteiger partial charge on any atom is -0.325 e. The third-order valence-electron chi connectivity index (χ3n) is 3.95. The molecule has 1 amide bonds. The highest BCUT2D eigenvalue weighted by molar-refractivity contribution is 7.92. The van der Waals surface area contributed by atoms with E-state index in [0.29, 0.717) is 10.7 Å². The van der Waals surface area contributed by atoms with Gasteiger partial charge in [0.15, 0.2) is 0 Å². The second-order valence-corrected chi connectivity index (χ2v) is 9.04. The van der Waals surface area contributed by atoms with E-state index in [0.717, 1.165) is 4.31 Å². The minimum absolute atomic E-state index is 0.0235. The summed E-state index contributed by atoms with van der Waals surface area (Å²) in [7, 11) is -4.08. The second kappa shape index (κ2) is 9.05. The van der Waals surface area contributed by atoms with Crippen molar-refractivity contribution < 1.29 is 13.2 Å². The molecular weight excluding hydrogens is 455 g/mol. The predicted molar refractivity (Wildman–Crippen MR) is 118 cm³/mol. The summed E-state index contributed by atoms with van der Waals surface area (Å²) in [6, 6.07) is 18.8. The average molecular weight is 470 g/mol. The summed E-state index contributed by atoms with van der Waals surface area (Å²) in [6.45, 7) is -0.500. The van der Waals surface area contributed by atoms with Crippen LogP contribution >= 0.6 is 34.8 Å². The summed E-state index contributed by atoms with van der Waals surface area (Å²) in [5.74, 6) is -0.553. The average Bonchev–Trinajstić information content (AvgIpc) is 2.71. The minimum atomic E-state index is -4.08. The highest BCUT2D eigenvalue weighted by Gasteiger charge is 2.29. The number of hydrogen-bond acceptors (Lipinski definition) is 3. The van der Waals surface area contributed by atoms with Gasteiger partial charge in [-0.25, -0.2) is 8.42 Å². The molecule has 3 aromatic rings. The number of halogens is 3. The summed E-state index contributed by atoms with van der Waals surface area (Å²) >= 11 is 18.2. The maximum atomic E-state index is 13.3. The van der Waals surface area contributed by atoms with Crippen LogP contribution in [0.25, 0.3) is 0 Å². The number of anilines is 2. The Hall–Kier alpha value is -2.25. The molecular formula is C20H15Cl3N2O3S. The number of rotatable bonds is 6. The third kappa shape index (κ3) is 5.03. The van der Waals surface area contributed by atoms with Crippen molar-refractivity contribution in [3.05, 3.63) is 87.9 Å². The molecule has 0 saturated carbocycles. The Balaban J connectivity index is 1.98. The summed E-state index contributed by atoms with van der Waals surface area (Å²) in [4.78, 5) is 12.7. The quantitative estimate of drug-likeness (QED) is 0.520. The lowest BCUT2D eigenvalue weighted by Gasteiger charge is -2.25. The summed E-state index contributed by atoms with van der Waals surface area (Å²) in [6.07, 6.45) is 0. The Morgan fingerprint density at radius 1 is 0.862 bits per heavy atom. The van der Waals surface area contributed by atoms with Gasteiger partial charge in [0.05, 0.1) is 20.6 Å². The maximum absolute atomic E-state index is 13.3. The van der Waals surface area contributed by atoms with E-state index in [4.69, 9.17) is 34.8 Å². The van der Waals surface area contributed by atoms with Crippen LogP contribution in [0.4, 0.5) is 11.4 Å². The molecule has 0 saturated heterocycles. The number of amides is 1. The van der Waals surface area contributed by atoms with Crippen LogP contribution in [0.2, 0.25) is 15.1 Å². The van der Waals surface area contributed by atoms with Crippen molar-refractivity contribution in [3.8, 4) is 0 Å². The second-order valence-electron chi connectivity index (χ2n) is 5.95. The van der Waals surface area contributed by atoms with Crippen molar-refractivity contribution in [2.75, 3.05) is 16.2 Å². The molecule has 0 aliphatic rings. The Morgan fingerprint density at radius 2 is 1.52 bits per heavy atom. The van der Waals surface area contributed by atoms with Crippen LogP contribution in [0.15, 0.2) is 77.7 Å². The molecule has 0 fully saturated rings. The molecule has 0 bridgehead atoms. The van der Waals surface area contributed by atoms with Gasteiger partial charge in [0.2, 0.25) is 5.91 Å². The maximum Gasteiger partial charge on any atom is 0.264 e. The molecule has 0 aromatic heterocycles. The van der Waals surface area contributed by atoms with Crippen LogP contribution < -0.4 is 9.62 Å². The van der Waals surface area contributed by atoms with Crippen molar-refractivity contribution in [1.82, 2.24) is 0 Å². The number of benzene rings is 3. The number of nitrogens with one attached hydrogen (secondary N) is 1. The number of nitrogens with zero attached hydrogens (tertiary/aromatic N) is 1. The first-order valence-electron chi connectivity index (χ1n) is 8.36. The molecule has 0 spiro atoms. The van der Waals surface area contributed by atoms with Crippen LogP contribution in [-0.4, -0.2) is 20.9 Å². The fourth-order valence-electron chi connectivity index (χ4n) is 2.57. The standard InChI is InChI=1S/C20H15Cl3N2O3S/c21-14-9-11-15(12-10-14)24-19(26)13-25(18-8-4-7-17(22)20(18)23)29(27,28)16-5-2-1-3-6-16/h1-12H,13H2,(H,24,26). The molecule has 0 aliphatic heterocycles. The van der Waals surface area contributed by atoms with E-state index in [9.17, 15) is 13.2 Å². The lowest BCUT2D eigenvalue weighted by molar-refractivity contribution is -0.114. The molecule has 5 nitrogen and oxygen atoms in total. The van der Waals surface area contributed by atoms with Gasteiger partial charge in [-0.3, -0.25) is 9.10 Å². The largest absolute Gasteiger partial charge is 0.325 e. The van der Waals surface area contributed by atoms with Crippen LogP contribution in [-0.2, 0) is 14.8 Å². The molecule has 0 radical (unpaired) electrons. The fraction of sp³-hybridized carbons (Fsp3) is 0.0500. The van der Waals surface area contributed by atoms with Gasteiger partial charge >= 0.3 is 0 Å². The molecule has 9 heteroatoms. The van der Waals surface area contributed by atoms with Crippen molar-refractivity contribution in [2.24, 2.45) is 0 Å². The van der Waals surface area contributed by atoms with E-state index in [-0.39, 0.29) is 20.6 Å². The molecule has 0 unspecified atom stereocenters. The Bertz CT molecular complexity index is 1120.